The molecule has 0 aliphatic heterocycles. The predicted molar refractivity (Wildman–Crippen MR) is 152 cm³/mol. The van der Waals surface area contributed by atoms with Crippen LogP contribution in [0.5, 0.6) is 0 Å². The molecule has 5 aromatic rings. The molecular formula is C28H25N5O3S2. The summed E-state index contributed by atoms with van der Waals surface area (Å²) in [5.41, 5.74) is 4.00. The van der Waals surface area contributed by atoms with Gasteiger partial charge in [-0.3, -0.25) is 4.79 Å². The molecule has 0 bridgehead atoms. The number of hydrogen-bond donors (Lipinski definition) is 1. The van der Waals surface area contributed by atoms with Crippen LogP contribution >= 0.6 is 23.1 Å². The van der Waals surface area contributed by atoms with Crippen LogP contribution in [0.4, 0.5) is 5.00 Å². The van der Waals surface area contributed by atoms with Gasteiger partial charge in [0.15, 0.2) is 11.0 Å². The Kier molecular flexibility index (Phi) is 7.52. The van der Waals surface area contributed by atoms with Crippen LogP contribution in [-0.4, -0.2) is 44.0 Å². The van der Waals surface area contributed by atoms with Gasteiger partial charge in [-0.2, -0.15) is 0 Å². The minimum absolute atomic E-state index is 0.109. The summed E-state index contributed by atoms with van der Waals surface area (Å²) in [4.78, 5) is 30.7. The van der Waals surface area contributed by atoms with Crippen molar-refractivity contribution in [3.05, 3.63) is 77.2 Å². The van der Waals surface area contributed by atoms with E-state index in [1.54, 1.807) is 13.0 Å². The lowest BCUT2D eigenvalue weighted by Gasteiger charge is -2.10. The van der Waals surface area contributed by atoms with Crippen molar-refractivity contribution in [1.82, 2.24) is 19.7 Å². The first-order valence-corrected chi connectivity index (χ1v) is 13.8. The minimum Gasteiger partial charge on any atom is -0.462 e. The lowest BCUT2D eigenvalue weighted by Crippen LogP contribution is -2.16. The highest BCUT2D eigenvalue weighted by Gasteiger charge is 2.20. The molecule has 0 saturated heterocycles. The maximum atomic E-state index is 12.7. The lowest BCUT2D eigenvalue weighted by molar-refractivity contribution is -0.113. The molecule has 0 atom stereocenters. The molecule has 0 unspecified atom stereocenters. The standard InChI is InChI=1S/C28H25N5O3S2/c1-4-36-27(35)21-14-17(2)38-26(21)30-24(34)16-37-28-32-31-25(33(28)3)20-15-23(18-10-6-5-7-11-18)29-22-13-9-8-12-19(20)22/h5-15H,4,16H2,1-3H3,(H,30,34). The number of nitrogens with zero attached hydrogens (tertiary/aromatic N) is 4. The van der Waals surface area contributed by atoms with Crippen LogP contribution in [0.15, 0.2) is 71.9 Å². The number of nitrogens with one attached hydrogen (secondary N) is 1. The summed E-state index contributed by atoms with van der Waals surface area (Å²) in [5.74, 6) is 0.101. The second-order valence-electron chi connectivity index (χ2n) is 8.46. The van der Waals surface area contributed by atoms with Gasteiger partial charge in [0, 0.05) is 28.4 Å². The van der Waals surface area contributed by atoms with Crippen molar-refractivity contribution in [3.63, 3.8) is 0 Å². The van der Waals surface area contributed by atoms with Crippen LogP contribution < -0.4 is 5.32 Å². The normalized spacial score (nSPS) is 11.0. The average molecular weight is 544 g/mol. The molecular weight excluding hydrogens is 518 g/mol. The topological polar surface area (TPSA) is 99.0 Å². The number of benzene rings is 2. The second-order valence-corrected chi connectivity index (χ2v) is 10.7. The van der Waals surface area contributed by atoms with E-state index in [1.165, 1.54) is 23.1 Å². The Morgan fingerprint density at radius 2 is 1.82 bits per heavy atom. The highest BCUT2D eigenvalue weighted by molar-refractivity contribution is 7.99. The fourth-order valence-corrected chi connectivity index (χ4v) is 5.68. The Bertz CT molecular complexity index is 1630. The van der Waals surface area contributed by atoms with Gasteiger partial charge in [0.05, 0.1) is 29.1 Å². The second kappa shape index (κ2) is 11.2. The first kappa shape index (κ1) is 25.6. The first-order chi connectivity index (χ1) is 18.4. The number of pyridine rings is 1. The summed E-state index contributed by atoms with van der Waals surface area (Å²) in [6, 6.07) is 21.7. The lowest BCUT2D eigenvalue weighted by atomic mass is 10.0. The van der Waals surface area contributed by atoms with Crippen LogP contribution in [-0.2, 0) is 16.6 Å². The number of rotatable bonds is 8. The number of carbonyl (C=O) groups excluding carboxylic acids is 2. The maximum absolute atomic E-state index is 12.7. The molecule has 3 aromatic heterocycles. The Labute approximate surface area is 228 Å². The van der Waals surface area contributed by atoms with Crippen molar-refractivity contribution in [2.24, 2.45) is 7.05 Å². The number of anilines is 1. The SMILES string of the molecule is CCOC(=O)c1cc(C)sc1NC(=O)CSc1nnc(-c2cc(-c3ccccc3)nc3ccccc23)n1C. The van der Waals surface area contributed by atoms with E-state index >= 15 is 0 Å². The Morgan fingerprint density at radius 1 is 1.05 bits per heavy atom. The van der Waals surface area contributed by atoms with Crippen molar-refractivity contribution in [3.8, 4) is 22.6 Å². The predicted octanol–water partition coefficient (Wildman–Crippen LogP) is 5.97. The van der Waals surface area contributed by atoms with E-state index in [-0.39, 0.29) is 18.3 Å². The molecule has 0 spiro atoms. The number of fused-ring (bicyclic) bond motifs is 1. The molecule has 8 nitrogen and oxygen atoms in total. The molecule has 1 amide bonds. The molecule has 10 heteroatoms. The third-order valence-electron chi connectivity index (χ3n) is 5.80. The van der Waals surface area contributed by atoms with E-state index in [4.69, 9.17) is 9.72 Å². The average Bonchev–Trinajstić information content (AvgIpc) is 3.48. The molecule has 1 N–H and O–H groups in total. The van der Waals surface area contributed by atoms with Gasteiger partial charge in [-0.25, -0.2) is 9.78 Å². The van der Waals surface area contributed by atoms with Crippen LogP contribution in [0.25, 0.3) is 33.5 Å². The van der Waals surface area contributed by atoms with E-state index < -0.39 is 5.97 Å². The van der Waals surface area contributed by atoms with Crippen molar-refractivity contribution in [2.75, 3.05) is 17.7 Å². The molecule has 0 fully saturated rings. The monoisotopic (exact) mass is 543 g/mol. The largest absolute Gasteiger partial charge is 0.462 e. The summed E-state index contributed by atoms with van der Waals surface area (Å²) in [6.45, 7) is 3.90. The number of thioether (sulfide) groups is 1. The summed E-state index contributed by atoms with van der Waals surface area (Å²) in [5, 5.41) is 13.7. The zero-order valence-electron chi connectivity index (χ0n) is 21.1. The molecule has 0 saturated carbocycles. The van der Waals surface area contributed by atoms with E-state index in [0.29, 0.717) is 21.5 Å². The van der Waals surface area contributed by atoms with E-state index in [2.05, 4.69) is 15.5 Å². The van der Waals surface area contributed by atoms with E-state index in [9.17, 15) is 9.59 Å². The van der Waals surface area contributed by atoms with E-state index in [0.717, 1.165) is 32.6 Å². The molecule has 0 aliphatic rings. The smallest absolute Gasteiger partial charge is 0.341 e. The van der Waals surface area contributed by atoms with Crippen LogP contribution in [0, 0.1) is 6.92 Å². The van der Waals surface area contributed by atoms with Gasteiger partial charge in [-0.1, -0.05) is 60.3 Å². The maximum Gasteiger partial charge on any atom is 0.341 e. The zero-order valence-corrected chi connectivity index (χ0v) is 22.7. The van der Waals surface area contributed by atoms with Gasteiger partial charge in [0.2, 0.25) is 5.91 Å². The number of aryl methyl sites for hydroxylation is 1. The fraction of sp³-hybridized carbons (Fsp3) is 0.179. The van der Waals surface area contributed by atoms with Crippen molar-refractivity contribution < 1.29 is 14.3 Å². The summed E-state index contributed by atoms with van der Waals surface area (Å²) >= 11 is 2.62. The van der Waals surface area contributed by atoms with Crippen molar-refractivity contribution in [1.29, 1.82) is 0 Å². The number of esters is 1. The summed E-state index contributed by atoms with van der Waals surface area (Å²) < 4.78 is 6.99. The van der Waals surface area contributed by atoms with Crippen LogP contribution in [0.3, 0.4) is 0 Å². The van der Waals surface area contributed by atoms with Gasteiger partial charge < -0.3 is 14.6 Å². The van der Waals surface area contributed by atoms with Gasteiger partial charge in [-0.15, -0.1) is 21.5 Å². The molecule has 5 rings (SSSR count). The molecule has 192 valence electrons. The zero-order chi connectivity index (χ0) is 26.6. The van der Waals surface area contributed by atoms with E-state index in [1.807, 2.05) is 79.2 Å². The quantitative estimate of drug-likeness (QED) is 0.190. The van der Waals surface area contributed by atoms with Crippen LogP contribution in [0.2, 0.25) is 0 Å². The number of hydrogen-bond acceptors (Lipinski definition) is 8. The fourth-order valence-electron chi connectivity index (χ4n) is 4.05. The molecule has 2 aromatic carbocycles. The summed E-state index contributed by atoms with van der Waals surface area (Å²) in [6.07, 6.45) is 0. The molecule has 0 radical (unpaired) electrons. The Hall–Kier alpha value is -4.02. The van der Waals surface area contributed by atoms with Gasteiger partial charge >= 0.3 is 5.97 Å². The number of carbonyl (C=O) groups is 2. The van der Waals surface area contributed by atoms with Gasteiger partial charge in [-0.05, 0) is 32.0 Å². The van der Waals surface area contributed by atoms with Gasteiger partial charge in [0.1, 0.15) is 5.00 Å². The third kappa shape index (κ3) is 5.32. The Balaban J connectivity index is 1.38. The highest BCUT2D eigenvalue weighted by atomic mass is 32.2. The van der Waals surface area contributed by atoms with Gasteiger partial charge in [0.25, 0.3) is 0 Å². The van der Waals surface area contributed by atoms with Crippen molar-refractivity contribution in [2.45, 2.75) is 19.0 Å². The van der Waals surface area contributed by atoms with Crippen molar-refractivity contribution >= 4 is 50.9 Å². The number of ether oxygens (including phenoxy) is 1. The Morgan fingerprint density at radius 3 is 2.61 bits per heavy atom. The molecule has 0 aliphatic carbocycles. The summed E-state index contributed by atoms with van der Waals surface area (Å²) in [7, 11) is 1.88. The highest BCUT2D eigenvalue weighted by Crippen LogP contribution is 2.33. The number of aromatic nitrogens is 4. The molecule has 3 heterocycles. The minimum atomic E-state index is -0.447. The molecule has 38 heavy (non-hydrogen) atoms. The number of amides is 1. The third-order valence-corrected chi connectivity index (χ3v) is 7.78. The van der Waals surface area contributed by atoms with Crippen LogP contribution in [0.1, 0.15) is 22.2 Å². The first-order valence-electron chi connectivity index (χ1n) is 12.0. The number of thiophene rings is 1. The number of para-hydroxylation sites is 1.